The van der Waals surface area contributed by atoms with Crippen molar-refractivity contribution in [2.75, 3.05) is 25.3 Å². The van der Waals surface area contributed by atoms with E-state index in [0.717, 1.165) is 22.0 Å². The van der Waals surface area contributed by atoms with E-state index >= 15 is 0 Å². The number of nitrogens with zero attached hydrogens (tertiary/aromatic N) is 1. The molecular weight excluding hydrogens is 406 g/mol. The van der Waals surface area contributed by atoms with Crippen molar-refractivity contribution < 1.29 is 23.9 Å². The number of Topliss-reactive ketones (excluding diaryl/α,β-unsaturated/α-hetero) is 2. The fraction of sp³-hybridized carbons (Fsp3) is 0.500. The molecule has 6 nitrogen and oxygen atoms in total. The van der Waals surface area contributed by atoms with E-state index in [4.69, 9.17) is 9.47 Å². The van der Waals surface area contributed by atoms with Crippen LogP contribution in [0.25, 0.3) is 10.8 Å². The Kier molecular flexibility index (Phi) is 5.61. The van der Waals surface area contributed by atoms with E-state index in [-0.39, 0.29) is 43.8 Å². The highest BCUT2D eigenvalue weighted by molar-refractivity contribution is 6.18. The van der Waals surface area contributed by atoms with Crippen molar-refractivity contribution in [1.29, 1.82) is 0 Å². The number of rotatable bonds is 4. The predicted octanol–water partition coefficient (Wildman–Crippen LogP) is 3.93. The first-order valence-electron chi connectivity index (χ1n) is 11.1. The lowest BCUT2D eigenvalue weighted by atomic mass is 9.55. The summed E-state index contributed by atoms with van der Waals surface area (Å²) in [5.41, 5.74) is -0.168. The van der Waals surface area contributed by atoms with E-state index in [0.29, 0.717) is 0 Å². The van der Waals surface area contributed by atoms with Crippen LogP contribution in [0.15, 0.2) is 36.4 Å². The van der Waals surface area contributed by atoms with Crippen molar-refractivity contribution in [1.82, 2.24) is 0 Å². The Labute approximate surface area is 188 Å². The standard InChI is InChI=1S/C26H31NO5/c1-16(2)32-15-27-14-26(12-19-18-9-7-6-8-17(18)10-11-20(19)27)21(28)13-25(3,4)22(23(26)29)24(30)31-5/h6-11,16,22H,12-15H2,1-5H3/t22-,26+/m0/s1. The van der Waals surface area contributed by atoms with Gasteiger partial charge in [-0.25, -0.2) is 0 Å². The van der Waals surface area contributed by atoms with E-state index in [1.54, 1.807) is 13.8 Å². The van der Waals surface area contributed by atoms with Gasteiger partial charge in [-0.1, -0.05) is 44.2 Å². The molecule has 2 aromatic carbocycles. The Hall–Kier alpha value is -2.73. The first-order chi connectivity index (χ1) is 15.1. The molecule has 4 rings (SSSR count). The van der Waals surface area contributed by atoms with Gasteiger partial charge in [-0.3, -0.25) is 14.4 Å². The number of fused-ring (bicyclic) bond motifs is 3. The first-order valence-corrected chi connectivity index (χ1v) is 11.1. The quantitative estimate of drug-likeness (QED) is 0.533. The number of hydrogen-bond acceptors (Lipinski definition) is 6. The molecule has 1 fully saturated rings. The van der Waals surface area contributed by atoms with Gasteiger partial charge in [0.05, 0.1) is 13.2 Å². The lowest BCUT2D eigenvalue weighted by Gasteiger charge is -2.49. The number of methoxy groups -OCH3 is 1. The van der Waals surface area contributed by atoms with E-state index < -0.39 is 22.7 Å². The Morgan fingerprint density at radius 3 is 2.53 bits per heavy atom. The van der Waals surface area contributed by atoms with Crippen LogP contribution in [0.2, 0.25) is 0 Å². The van der Waals surface area contributed by atoms with E-state index in [1.807, 2.05) is 49.1 Å². The summed E-state index contributed by atoms with van der Waals surface area (Å²) in [4.78, 5) is 42.3. The average Bonchev–Trinajstić information content (AvgIpc) is 2.75. The third-order valence-electron chi connectivity index (χ3n) is 6.96. The van der Waals surface area contributed by atoms with E-state index in [2.05, 4.69) is 6.07 Å². The fourth-order valence-electron chi connectivity index (χ4n) is 5.28. The number of carbonyl (C=O) groups excluding carboxylic acids is 3. The topological polar surface area (TPSA) is 72.9 Å². The monoisotopic (exact) mass is 437 g/mol. The molecule has 32 heavy (non-hydrogen) atoms. The normalized spacial score (nSPS) is 24.8. The van der Waals surface area contributed by atoms with Crippen LogP contribution >= 0.6 is 0 Å². The van der Waals surface area contributed by atoms with Crippen molar-refractivity contribution in [2.45, 2.75) is 46.6 Å². The molecule has 6 heteroatoms. The molecule has 1 aliphatic carbocycles. The van der Waals surface area contributed by atoms with Crippen LogP contribution < -0.4 is 4.90 Å². The Morgan fingerprint density at radius 1 is 1.12 bits per heavy atom. The molecule has 0 amide bonds. The van der Waals surface area contributed by atoms with Gasteiger partial charge < -0.3 is 14.4 Å². The number of ketones is 2. The molecule has 2 aromatic rings. The predicted molar refractivity (Wildman–Crippen MR) is 122 cm³/mol. The summed E-state index contributed by atoms with van der Waals surface area (Å²) in [6.07, 6.45) is 0.428. The molecule has 170 valence electrons. The maximum atomic E-state index is 14.0. The number of hydrogen-bond donors (Lipinski definition) is 0. The van der Waals surface area contributed by atoms with Crippen LogP contribution in [-0.2, 0) is 30.3 Å². The van der Waals surface area contributed by atoms with Crippen LogP contribution in [0.4, 0.5) is 5.69 Å². The smallest absolute Gasteiger partial charge is 0.316 e. The highest BCUT2D eigenvalue weighted by atomic mass is 16.5. The van der Waals surface area contributed by atoms with Crippen LogP contribution in [0.1, 0.15) is 39.7 Å². The molecule has 1 spiro atoms. The van der Waals surface area contributed by atoms with Gasteiger partial charge in [-0.2, -0.15) is 0 Å². The second kappa shape index (κ2) is 8.00. The third-order valence-corrected chi connectivity index (χ3v) is 6.96. The van der Waals surface area contributed by atoms with Crippen LogP contribution in [-0.4, -0.2) is 44.0 Å². The van der Waals surface area contributed by atoms with E-state index in [9.17, 15) is 14.4 Å². The maximum absolute atomic E-state index is 14.0. The molecular formula is C26H31NO5. The summed E-state index contributed by atoms with van der Waals surface area (Å²) < 4.78 is 10.9. The summed E-state index contributed by atoms with van der Waals surface area (Å²) >= 11 is 0. The minimum atomic E-state index is -1.30. The Bertz CT molecular complexity index is 1090. The molecule has 1 heterocycles. The van der Waals surface area contributed by atoms with Crippen LogP contribution in [0, 0.1) is 16.7 Å². The van der Waals surface area contributed by atoms with E-state index in [1.165, 1.54) is 7.11 Å². The zero-order valence-corrected chi connectivity index (χ0v) is 19.4. The molecule has 1 saturated carbocycles. The number of benzene rings is 2. The molecule has 0 saturated heterocycles. The van der Waals surface area contributed by atoms with Gasteiger partial charge in [0.2, 0.25) is 0 Å². The van der Waals surface area contributed by atoms with Crippen molar-refractivity contribution in [3.8, 4) is 0 Å². The summed E-state index contributed by atoms with van der Waals surface area (Å²) in [5, 5.41) is 2.06. The van der Waals surface area contributed by atoms with Crippen molar-refractivity contribution in [3.63, 3.8) is 0 Å². The molecule has 2 aliphatic rings. The average molecular weight is 438 g/mol. The molecule has 0 N–H and O–H groups in total. The number of carbonyl (C=O) groups is 3. The summed E-state index contributed by atoms with van der Waals surface area (Å²) in [5.74, 6) is -1.99. The van der Waals surface area contributed by atoms with Crippen molar-refractivity contribution in [3.05, 3.63) is 42.0 Å². The molecule has 0 aromatic heterocycles. The SMILES string of the molecule is COC(=O)[C@@H]1C(=O)[C@@]2(Cc3c(ccc4ccccc34)N(COC(C)C)C2)C(=O)CC1(C)C. The Morgan fingerprint density at radius 2 is 1.84 bits per heavy atom. The number of ether oxygens (including phenoxy) is 2. The van der Waals surface area contributed by atoms with Crippen molar-refractivity contribution >= 4 is 34.0 Å². The number of esters is 1. The van der Waals surface area contributed by atoms with Crippen LogP contribution in [0.3, 0.4) is 0 Å². The summed E-state index contributed by atoms with van der Waals surface area (Å²) in [6, 6.07) is 12.1. The van der Waals surface area contributed by atoms with Gasteiger partial charge in [-0.15, -0.1) is 0 Å². The summed E-state index contributed by atoms with van der Waals surface area (Å²) in [7, 11) is 1.29. The van der Waals surface area contributed by atoms with Gasteiger partial charge in [-0.05, 0) is 48.1 Å². The second-order valence-electron chi connectivity index (χ2n) is 9.99. The molecule has 2 atom stereocenters. The van der Waals surface area contributed by atoms with Crippen LogP contribution in [0.5, 0.6) is 0 Å². The highest BCUT2D eigenvalue weighted by Crippen LogP contribution is 2.50. The van der Waals surface area contributed by atoms with Gasteiger partial charge >= 0.3 is 5.97 Å². The molecule has 0 bridgehead atoms. The Balaban J connectivity index is 1.88. The molecule has 0 radical (unpaired) electrons. The molecule has 1 aliphatic heterocycles. The maximum Gasteiger partial charge on any atom is 0.316 e. The number of anilines is 1. The van der Waals surface area contributed by atoms with Gasteiger partial charge in [0, 0.05) is 18.7 Å². The molecule has 0 unspecified atom stereocenters. The van der Waals surface area contributed by atoms with Gasteiger partial charge in [0.15, 0.2) is 5.78 Å². The fourth-order valence-corrected chi connectivity index (χ4v) is 5.28. The first kappa shape index (κ1) is 22.5. The van der Waals surface area contributed by atoms with Gasteiger partial charge in [0.25, 0.3) is 0 Å². The van der Waals surface area contributed by atoms with Crippen molar-refractivity contribution in [2.24, 2.45) is 16.7 Å². The third kappa shape index (κ3) is 3.51. The second-order valence-corrected chi connectivity index (χ2v) is 9.99. The lowest BCUT2D eigenvalue weighted by Crippen LogP contribution is -2.62. The lowest BCUT2D eigenvalue weighted by molar-refractivity contribution is -0.165. The largest absolute Gasteiger partial charge is 0.468 e. The minimum absolute atomic E-state index is 0.00343. The summed E-state index contributed by atoms with van der Waals surface area (Å²) in [6.45, 7) is 7.96. The minimum Gasteiger partial charge on any atom is -0.468 e. The zero-order chi connectivity index (χ0) is 23.3. The van der Waals surface area contributed by atoms with Gasteiger partial charge in [0.1, 0.15) is 23.8 Å². The zero-order valence-electron chi connectivity index (χ0n) is 19.4. The highest BCUT2D eigenvalue weighted by Gasteiger charge is 2.61.